The van der Waals surface area contributed by atoms with Crippen LogP contribution in [0.4, 0.5) is 5.82 Å². The Morgan fingerprint density at radius 3 is 2.52 bits per heavy atom. The van der Waals surface area contributed by atoms with Gasteiger partial charge in [-0.3, -0.25) is 0 Å². The van der Waals surface area contributed by atoms with Crippen molar-refractivity contribution >= 4 is 5.82 Å². The van der Waals surface area contributed by atoms with Crippen LogP contribution in [0.1, 0.15) is 50.4 Å². The third-order valence-corrected chi connectivity index (χ3v) is 4.90. The lowest BCUT2D eigenvalue weighted by Gasteiger charge is -2.37. The van der Waals surface area contributed by atoms with Gasteiger partial charge in [-0.25, -0.2) is 9.97 Å². The van der Waals surface area contributed by atoms with Gasteiger partial charge in [0.15, 0.2) is 0 Å². The fraction of sp³-hybridized carbons (Fsp3) is 0.765. The summed E-state index contributed by atoms with van der Waals surface area (Å²) in [6.07, 6.45) is 9.64. The first-order chi connectivity index (χ1) is 10.3. The SMILES string of the molecule is CCCc1cnc(C)nc1N1CCC(N2CCCC2)CC1. The van der Waals surface area contributed by atoms with Crippen LogP contribution < -0.4 is 4.90 Å². The second-order valence-electron chi connectivity index (χ2n) is 6.48. The maximum atomic E-state index is 4.74. The van der Waals surface area contributed by atoms with Crippen LogP contribution in [0, 0.1) is 6.92 Å². The number of aryl methyl sites for hydroxylation is 2. The standard InChI is InChI=1S/C17H28N4/c1-3-6-15-13-18-14(2)19-17(15)21-11-7-16(8-12-21)20-9-4-5-10-20/h13,16H,3-12H2,1-2H3. The number of hydrogen-bond donors (Lipinski definition) is 0. The quantitative estimate of drug-likeness (QED) is 0.853. The van der Waals surface area contributed by atoms with Gasteiger partial charge in [-0.15, -0.1) is 0 Å². The fourth-order valence-corrected chi connectivity index (χ4v) is 3.75. The highest BCUT2D eigenvalue weighted by atomic mass is 15.2. The first-order valence-corrected chi connectivity index (χ1v) is 8.59. The molecular formula is C17H28N4. The first-order valence-electron chi connectivity index (χ1n) is 8.59. The zero-order chi connectivity index (χ0) is 14.7. The van der Waals surface area contributed by atoms with Crippen molar-refractivity contribution in [1.82, 2.24) is 14.9 Å². The Morgan fingerprint density at radius 2 is 1.86 bits per heavy atom. The molecule has 3 rings (SSSR count). The van der Waals surface area contributed by atoms with Gasteiger partial charge in [-0.05, 0) is 52.1 Å². The summed E-state index contributed by atoms with van der Waals surface area (Å²) in [5, 5.41) is 0. The van der Waals surface area contributed by atoms with E-state index < -0.39 is 0 Å². The lowest BCUT2D eigenvalue weighted by atomic mass is 10.0. The van der Waals surface area contributed by atoms with Crippen LogP contribution in [0.25, 0.3) is 0 Å². The molecule has 21 heavy (non-hydrogen) atoms. The highest BCUT2D eigenvalue weighted by Gasteiger charge is 2.27. The van der Waals surface area contributed by atoms with Crippen LogP contribution in [-0.2, 0) is 6.42 Å². The van der Waals surface area contributed by atoms with Crippen LogP contribution in [-0.4, -0.2) is 47.1 Å². The number of nitrogens with zero attached hydrogens (tertiary/aromatic N) is 4. The van der Waals surface area contributed by atoms with Crippen LogP contribution in [0.2, 0.25) is 0 Å². The highest BCUT2D eigenvalue weighted by Crippen LogP contribution is 2.26. The maximum absolute atomic E-state index is 4.74. The van der Waals surface area contributed by atoms with Crippen LogP contribution in [0.15, 0.2) is 6.20 Å². The van der Waals surface area contributed by atoms with Crippen LogP contribution in [0.5, 0.6) is 0 Å². The molecule has 1 aromatic rings. The summed E-state index contributed by atoms with van der Waals surface area (Å²) in [5.74, 6) is 2.09. The van der Waals surface area contributed by atoms with Crippen molar-refractivity contribution in [3.8, 4) is 0 Å². The Balaban J connectivity index is 1.67. The first kappa shape index (κ1) is 14.8. The summed E-state index contributed by atoms with van der Waals surface area (Å²) < 4.78 is 0. The molecular weight excluding hydrogens is 260 g/mol. The number of rotatable bonds is 4. The minimum Gasteiger partial charge on any atom is -0.356 e. The summed E-state index contributed by atoms with van der Waals surface area (Å²) in [7, 11) is 0. The van der Waals surface area contributed by atoms with Gasteiger partial charge < -0.3 is 9.80 Å². The van der Waals surface area contributed by atoms with E-state index in [4.69, 9.17) is 4.98 Å². The van der Waals surface area contributed by atoms with E-state index in [1.807, 2.05) is 13.1 Å². The van der Waals surface area contributed by atoms with Crippen molar-refractivity contribution in [3.05, 3.63) is 17.6 Å². The second kappa shape index (κ2) is 6.73. The lowest BCUT2D eigenvalue weighted by molar-refractivity contribution is 0.207. The molecule has 0 N–H and O–H groups in total. The van der Waals surface area contributed by atoms with Crippen LogP contribution >= 0.6 is 0 Å². The topological polar surface area (TPSA) is 32.3 Å². The summed E-state index contributed by atoms with van der Waals surface area (Å²) >= 11 is 0. The fourth-order valence-electron chi connectivity index (χ4n) is 3.75. The van der Waals surface area contributed by atoms with E-state index in [9.17, 15) is 0 Å². The molecule has 0 aromatic carbocycles. The third kappa shape index (κ3) is 3.37. The molecule has 3 heterocycles. The van der Waals surface area contributed by atoms with Gasteiger partial charge in [0.05, 0.1) is 0 Å². The number of anilines is 1. The number of aromatic nitrogens is 2. The van der Waals surface area contributed by atoms with Crippen molar-refractivity contribution in [2.24, 2.45) is 0 Å². The highest BCUT2D eigenvalue weighted by molar-refractivity contribution is 5.46. The van der Waals surface area contributed by atoms with E-state index >= 15 is 0 Å². The van der Waals surface area contributed by atoms with Gasteiger partial charge in [0, 0.05) is 30.9 Å². The summed E-state index contributed by atoms with van der Waals surface area (Å²) in [6, 6.07) is 0.807. The Hall–Kier alpha value is -1.16. The monoisotopic (exact) mass is 288 g/mol. The van der Waals surface area contributed by atoms with E-state index in [0.29, 0.717) is 0 Å². The number of hydrogen-bond acceptors (Lipinski definition) is 4. The average molecular weight is 288 g/mol. The molecule has 2 aliphatic heterocycles. The minimum atomic E-state index is 0.807. The molecule has 4 heteroatoms. The van der Waals surface area contributed by atoms with E-state index in [0.717, 1.165) is 37.8 Å². The number of likely N-dealkylation sites (tertiary alicyclic amines) is 1. The zero-order valence-electron chi connectivity index (χ0n) is 13.5. The molecule has 0 unspecified atom stereocenters. The Bertz CT molecular complexity index is 460. The van der Waals surface area contributed by atoms with Crippen molar-refractivity contribution in [2.45, 2.75) is 58.4 Å². The Labute approximate surface area is 128 Å². The molecule has 116 valence electrons. The van der Waals surface area contributed by atoms with E-state index in [2.05, 4.69) is 21.7 Å². The Morgan fingerprint density at radius 1 is 1.14 bits per heavy atom. The van der Waals surface area contributed by atoms with Gasteiger partial charge in [0.1, 0.15) is 11.6 Å². The van der Waals surface area contributed by atoms with E-state index in [-0.39, 0.29) is 0 Å². The third-order valence-electron chi connectivity index (χ3n) is 4.90. The van der Waals surface area contributed by atoms with E-state index in [1.54, 1.807) is 0 Å². The molecule has 2 saturated heterocycles. The van der Waals surface area contributed by atoms with E-state index in [1.165, 1.54) is 50.2 Å². The molecule has 0 radical (unpaired) electrons. The molecule has 0 spiro atoms. The molecule has 1 aromatic heterocycles. The molecule has 0 bridgehead atoms. The molecule has 2 fully saturated rings. The molecule has 0 saturated carbocycles. The summed E-state index contributed by atoms with van der Waals surface area (Å²) in [6.45, 7) is 9.15. The molecule has 0 atom stereocenters. The predicted octanol–water partition coefficient (Wildman–Crippen LogP) is 2.80. The van der Waals surface area contributed by atoms with Crippen molar-refractivity contribution < 1.29 is 0 Å². The summed E-state index contributed by atoms with van der Waals surface area (Å²) in [5.41, 5.74) is 1.32. The second-order valence-corrected chi connectivity index (χ2v) is 6.48. The molecule has 4 nitrogen and oxygen atoms in total. The molecule has 0 amide bonds. The van der Waals surface area contributed by atoms with Crippen molar-refractivity contribution in [1.29, 1.82) is 0 Å². The van der Waals surface area contributed by atoms with Gasteiger partial charge >= 0.3 is 0 Å². The predicted molar refractivity (Wildman–Crippen MR) is 86.8 cm³/mol. The minimum absolute atomic E-state index is 0.807. The lowest BCUT2D eigenvalue weighted by Crippen LogP contribution is -2.44. The van der Waals surface area contributed by atoms with Gasteiger partial charge in [-0.1, -0.05) is 13.3 Å². The van der Waals surface area contributed by atoms with Crippen LogP contribution in [0.3, 0.4) is 0 Å². The normalized spacial score (nSPS) is 21.1. The van der Waals surface area contributed by atoms with Gasteiger partial charge in [-0.2, -0.15) is 0 Å². The van der Waals surface area contributed by atoms with Gasteiger partial charge in [0.2, 0.25) is 0 Å². The largest absolute Gasteiger partial charge is 0.356 e. The molecule has 2 aliphatic rings. The van der Waals surface area contributed by atoms with Gasteiger partial charge in [0.25, 0.3) is 0 Å². The van der Waals surface area contributed by atoms with Crippen molar-refractivity contribution in [2.75, 3.05) is 31.1 Å². The smallest absolute Gasteiger partial charge is 0.135 e. The Kier molecular flexibility index (Phi) is 4.73. The average Bonchev–Trinajstić information content (AvgIpc) is 3.04. The number of piperidine rings is 1. The maximum Gasteiger partial charge on any atom is 0.135 e. The zero-order valence-corrected chi connectivity index (χ0v) is 13.5. The molecule has 0 aliphatic carbocycles. The summed E-state index contributed by atoms with van der Waals surface area (Å²) in [4.78, 5) is 14.3. The van der Waals surface area contributed by atoms with Crippen molar-refractivity contribution in [3.63, 3.8) is 0 Å².